The smallest absolute Gasteiger partial charge is 0.450 e. The predicted molar refractivity (Wildman–Crippen MR) is 83.1 cm³/mol. The van der Waals surface area contributed by atoms with E-state index in [9.17, 15) is 9.59 Å². The normalized spacial score (nSPS) is 16.9. The summed E-state index contributed by atoms with van der Waals surface area (Å²) in [5.41, 5.74) is 0.365. The molecule has 0 radical (unpaired) electrons. The summed E-state index contributed by atoms with van der Waals surface area (Å²) in [6.07, 6.45) is -0.472. The second-order valence-corrected chi connectivity index (χ2v) is 6.02. The number of rotatable bonds is 3. The molecule has 1 atom stereocenters. The minimum Gasteiger partial charge on any atom is -0.450 e. The van der Waals surface area contributed by atoms with Crippen molar-refractivity contribution >= 4 is 29.4 Å². The van der Waals surface area contributed by atoms with Gasteiger partial charge in [0.1, 0.15) is 5.82 Å². The first-order valence-electron chi connectivity index (χ1n) is 6.97. The highest BCUT2D eigenvalue weighted by Gasteiger charge is 2.28. The van der Waals surface area contributed by atoms with E-state index in [2.05, 4.69) is 5.10 Å². The minimum absolute atomic E-state index is 0.218. The second kappa shape index (κ2) is 6.25. The first-order chi connectivity index (χ1) is 11.0. The van der Waals surface area contributed by atoms with Gasteiger partial charge in [0.05, 0.1) is 16.6 Å². The zero-order chi connectivity index (χ0) is 16.6. The van der Waals surface area contributed by atoms with Crippen molar-refractivity contribution in [1.82, 2.24) is 14.3 Å². The summed E-state index contributed by atoms with van der Waals surface area (Å²) in [4.78, 5) is 23.3. The molecule has 122 valence electrons. The van der Waals surface area contributed by atoms with Crippen molar-refractivity contribution in [2.45, 2.75) is 32.0 Å². The standard InChI is InChI=1S/C14H13Cl2N3O4/c15-9-5-4-8(6-10(9)16)7-18-13(20)19-11(17-18)2-1-3-12(19)23-14(21)22/h4-6,12H,1-3,7H2,(H,21,22). The first-order valence-corrected chi connectivity index (χ1v) is 7.73. The third-order valence-corrected chi connectivity index (χ3v) is 4.37. The fraction of sp³-hybridized carbons (Fsp3) is 0.357. The van der Waals surface area contributed by atoms with Crippen molar-refractivity contribution in [3.63, 3.8) is 0 Å². The number of nitrogens with zero attached hydrogens (tertiary/aromatic N) is 3. The molecule has 9 heteroatoms. The average Bonchev–Trinajstić information content (AvgIpc) is 2.80. The number of aromatic nitrogens is 3. The van der Waals surface area contributed by atoms with Gasteiger partial charge in [-0.05, 0) is 24.1 Å². The molecular formula is C14H13Cl2N3O4. The van der Waals surface area contributed by atoms with E-state index >= 15 is 0 Å². The fourth-order valence-corrected chi connectivity index (χ4v) is 2.95. The van der Waals surface area contributed by atoms with E-state index in [0.717, 1.165) is 5.56 Å². The van der Waals surface area contributed by atoms with Crippen LogP contribution in [0.1, 0.15) is 30.5 Å². The largest absolute Gasteiger partial charge is 0.507 e. The van der Waals surface area contributed by atoms with E-state index in [4.69, 9.17) is 33.0 Å². The Kier molecular flexibility index (Phi) is 4.32. The molecule has 23 heavy (non-hydrogen) atoms. The summed E-state index contributed by atoms with van der Waals surface area (Å²) < 4.78 is 7.36. The summed E-state index contributed by atoms with van der Waals surface area (Å²) in [6.45, 7) is 0.218. The van der Waals surface area contributed by atoms with Gasteiger partial charge in [-0.3, -0.25) is 0 Å². The number of fused-ring (bicyclic) bond motifs is 1. The molecule has 0 aliphatic carbocycles. The predicted octanol–water partition coefficient (Wildman–Crippen LogP) is 2.93. The van der Waals surface area contributed by atoms with Crippen LogP contribution in [0.5, 0.6) is 0 Å². The van der Waals surface area contributed by atoms with Crippen molar-refractivity contribution in [3.05, 3.63) is 50.1 Å². The molecule has 1 aromatic carbocycles. The summed E-state index contributed by atoms with van der Waals surface area (Å²) in [6, 6.07) is 5.07. The second-order valence-electron chi connectivity index (χ2n) is 5.21. The Bertz CT molecular complexity index is 815. The van der Waals surface area contributed by atoms with Gasteiger partial charge in [0.15, 0.2) is 6.23 Å². The Balaban J connectivity index is 1.93. The molecule has 3 rings (SSSR count). The average molecular weight is 358 g/mol. The lowest BCUT2D eigenvalue weighted by molar-refractivity contribution is 0.00392. The number of halogens is 2. The fourth-order valence-electron chi connectivity index (χ4n) is 2.63. The van der Waals surface area contributed by atoms with E-state index in [0.29, 0.717) is 35.1 Å². The maximum Gasteiger partial charge on any atom is 0.507 e. The topological polar surface area (TPSA) is 86.3 Å². The molecule has 0 bridgehead atoms. The van der Waals surface area contributed by atoms with Crippen LogP contribution < -0.4 is 5.69 Å². The van der Waals surface area contributed by atoms with Crippen molar-refractivity contribution in [2.24, 2.45) is 0 Å². The van der Waals surface area contributed by atoms with Gasteiger partial charge < -0.3 is 9.84 Å². The van der Waals surface area contributed by atoms with Gasteiger partial charge in [-0.15, -0.1) is 0 Å². The SMILES string of the molecule is O=C(O)OC1CCCc2nn(Cc3ccc(Cl)c(Cl)c3)c(=O)n21. The van der Waals surface area contributed by atoms with E-state index in [-0.39, 0.29) is 6.54 Å². The number of carbonyl (C=O) groups is 1. The van der Waals surface area contributed by atoms with Crippen molar-refractivity contribution < 1.29 is 14.6 Å². The van der Waals surface area contributed by atoms with Crippen LogP contribution in [0, 0.1) is 0 Å². The molecule has 0 saturated heterocycles. The van der Waals surface area contributed by atoms with Crippen LogP contribution in [-0.2, 0) is 17.7 Å². The van der Waals surface area contributed by atoms with Gasteiger partial charge >= 0.3 is 11.8 Å². The Labute approximate surface area is 141 Å². The number of hydrogen-bond acceptors (Lipinski definition) is 4. The van der Waals surface area contributed by atoms with Gasteiger partial charge in [0, 0.05) is 12.8 Å². The van der Waals surface area contributed by atoms with E-state index in [1.165, 1.54) is 9.25 Å². The molecule has 2 aromatic rings. The summed E-state index contributed by atoms with van der Waals surface area (Å²) in [5, 5.41) is 13.9. The Morgan fingerprint density at radius 2 is 2.17 bits per heavy atom. The van der Waals surface area contributed by atoms with Crippen LogP contribution >= 0.6 is 23.2 Å². The molecule has 1 unspecified atom stereocenters. The molecule has 2 heterocycles. The van der Waals surface area contributed by atoms with Gasteiger partial charge in [-0.25, -0.2) is 18.8 Å². The maximum absolute atomic E-state index is 12.5. The van der Waals surface area contributed by atoms with Crippen LogP contribution in [-0.4, -0.2) is 25.6 Å². The summed E-state index contributed by atoms with van der Waals surface area (Å²) in [7, 11) is 0. The lowest BCUT2D eigenvalue weighted by Crippen LogP contribution is -2.33. The van der Waals surface area contributed by atoms with Gasteiger partial charge in [0.25, 0.3) is 0 Å². The molecule has 0 spiro atoms. The molecule has 1 aliphatic rings. The van der Waals surface area contributed by atoms with Gasteiger partial charge in [-0.2, -0.15) is 5.10 Å². The highest BCUT2D eigenvalue weighted by Crippen LogP contribution is 2.24. The van der Waals surface area contributed by atoms with E-state index < -0.39 is 18.1 Å². The van der Waals surface area contributed by atoms with E-state index in [1.54, 1.807) is 18.2 Å². The minimum atomic E-state index is -1.41. The Morgan fingerprint density at radius 3 is 2.87 bits per heavy atom. The van der Waals surface area contributed by atoms with Crippen molar-refractivity contribution in [1.29, 1.82) is 0 Å². The number of ether oxygens (including phenoxy) is 1. The van der Waals surface area contributed by atoms with E-state index in [1.807, 2.05) is 0 Å². The number of aryl methyl sites for hydroxylation is 1. The summed E-state index contributed by atoms with van der Waals surface area (Å²) in [5.74, 6) is 0.521. The third-order valence-electron chi connectivity index (χ3n) is 3.63. The van der Waals surface area contributed by atoms with Crippen LogP contribution in [0.15, 0.2) is 23.0 Å². The quantitative estimate of drug-likeness (QED) is 0.853. The summed E-state index contributed by atoms with van der Waals surface area (Å²) >= 11 is 11.8. The lowest BCUT2D eigenvalue weighted by Gasteiger charge is -2.21. The molecule has 1 aromatic heterocycles. The van der Waals surface area contributed by atoms with Gasteiger partial charge in [-0.1, -0.05) is 29.3 Å². The Hall–Kier alpha value is -1.99. The number of hydrogen-bond donors (Lipinski definition) is 1. The van der Waals surface area contributed by atoms with Crippen LogP contribution in [0.3, 0.4) is 0 Å². The molecule has 0 saturated carbocycles. The highest BCUT2D eigenvalue weighted by molar-refractivity contribution is 6.42. The van der Waals surface area contributed by atoms with Crippen molar-refractivity contribution in [3.8, 4) is 0 Å². The Morgan fingerprint density at radius 1 is 1.39 bits per heavy atom. The zero-order valence-corrected chi connectivity index (χ0v) is 13.4. The molecule has 0 amide bonds. The molecule has 7 nitrogen and oxygen atoms in total. The zero-order valence-electron chi connectivity index (χ0n) is 11.9. The van der Waals surface area contributed by atoms with Crippen LogP contribution in [0.2, 0.25) is 10.0 Å². The third kappa shape index (κ3) is 3.20. The van der Waals surface area contributed by atoms with Crippen LogP contribution in [0.25, 0.3) is 0 Å². The lowest BCUT2D eigenvalue weighted by atomic mass is 10.1. The van der Waals surface area contributed by atoms with Gasteiger partial charge in [0.2, 0.25) is 0 Å². The van der Waals surface area contributed by atoms with Crippen LogP contribution in [0.4, 0.5) is 4.79 Å². The monoisotopic (exact) mass is 357 g/mol. The highest BCUT2D eigenvalue weighted by atomic mass is 35.5. The molecule has 1 aliphatic heterocycles. The maximum atomic E-state index is 12.5. The molecule has 0 fully saturated rings. The number of carboxylic acid groups (broad SMARTS) is 1. The first kappa shape index (κ1) is 15.9. The number of benzene rings is 1. The van der Waals surface area contributed by atoms with Crippen molar-refractivity contribution in [2.75, 3.05) is 0 Å². The molecular weight excluding hydrogens is 345 g/mol. The molecule has 1 N–H and O–H groups in total.